The number of aliphatic hydroxyl groups excluding tert-OH is 1. The van der Waals surface area contributed by atoms with Crippen molar-refractivity contribution in [3.05, 3.63) is 0 Å². The lowest BCUT2D eigenvalue weighted by Crippen LogP contribution is -2.57. The molecule has 0 radical (unpaired) electrons. The second kappa shape index (κ2) is 15.4. The van der Waals surface area contributed by atoms with Crippen LogP contribution in [0.2, 0.25) is 0 Å². The minimum Gasteiger partial charge on any atom is -0.481 e. The molecule has 51 heavy (non-hydrogen) atoms. The number of hydrogen-bond acceptors (Lipinski definition) is 11. The van der Waals surface area contributed by atoms with Crippen LogP contribution in [-0.2, 0) is 42.7 Å². The summed E-state index contributed by atoms with van der Waals surface area (Å²) in [5.41, 5.74) is -1.22. The van der Waals surface area contributed by atoms with Crippen molar-refractivity contribution in [2.75, 3.05) is 13.7 Å². The first-order chi connectivity index (χ1) is 23.9. The van der Waals surface area contributed by atoms with Gasteiger partial charge in [-0.15, -0.1) is 0 Å². The van der Waals surface area contributed by atoms with Gasteiger partial charge in [-0.05, 0) is 64.2 Å². The van der Waals surface area contributed by atoms with Gasteiger partial charge in [-0.2, -0.15) is 0 Å². The molecule has 3 N–H and O–H groups in total. The Morgan fingerprint density at radius 1 is 0.980 bits per heavy atom. The molecule has 5 rings (SSSR count). The Labute approximate surface area is 304 Å². The molecule has 0 unspecified atom stereocenters. The predicted molar refractivity (Wildman–Crippen MR) is 186 cm³/mol. The molecule has 0 bridgehead atoms. The molecule has 5 heterocycles. The Kier molecular flexibility index (Phi) is 12.3. The quantitative estimate of drug-likeness (QED) is 0.225. The number of aliphatic carboxylic acids is 1. The van der Waals surface area contributed by atoms with Crippen LogP contribution in [-0.4, -0.2) is 106 Å². The van der Waals surface area contributed by atoms with E-state index in [0.29, 0.717) is 19.3 Å². The second-order valence-electron chi connectivity index (χ2n) is 17.1. The smallest absolute Gasteiger partial charge is 0.308 e. The predicted octanol–water partition coefficient (Wildman–Crippen LogP) is 5.23. The van der Waals surface area contributed by atoms with Crippen molar-refractivity contribution in [3.8, 4) is 0 Å². The largest absolute Gasteiger partial charge is 0.481 e. The molecule has 12 nitrogen and oxygen atoms in total. The molecule has 294 valence electrons. The molecule has 0 aliphatic carbocycles. The van der Waals surface area contributed by atoms with E-state index in [9.17, 15) is 24.9 Å². The van der Waals surface area contributed by atoms with E-state index < -0.39 is 59.6 Å². The van der Waals surface area contributed by atoms with E-state index in [1.165, 1.54) is 7.11 Å². The van der Waals surface area contributed by atoms with Crippen molar-refractivity contribution in [3.63, 3.8) is 0 Å². The standard InChI is InChI=1S/C39H66O12/c1-11-30(41)46-28-19-38(49-33(24(28)6)25(7)32(45-10)26(8)35(42)43)16-15-36(9,51-38)29-13-14-37(12-2,48-29)34-22(4)18-27(47-34)31-21(3)17-23(5)39(44,20-40)50-31/h21-29,31-34,40,44H,11-20H2,1-10H3,(H,42,43)/t21-,22-,23+,24+,25-,26-,27+,28-,29+,31-,32+,33-,34+,36-,37-,38+,39-/m0/s1. The van der Waals surface area contributed by atoms with Gasteiger partial charge in [0.05, 0.1) is 60.4 Å². The van der Waals surface area contributed by atoms with Gasteiger partial charge in [-0.3, -0.25) is 9.59 Å². The maximum absolute atomic E-state index is 12.6. The molecule has 5 aliphatic rings. The van der Waals surface area contributed by atoms with Gasteiger partial charge in [0.15, 0.2) is 11.6 Å². The summed E-state index contributed by atoms with van der Waals surface area (Å²) in [6.07, 6.45) is 3.18. The zero-order valence-electron chi connectivity index (χ0n) is 32.6. The molecule has 12 heteroatoms. The maximum Gasteiger partial charge on any atom is 0.308 e. The van der Waals surface area contributed by atoms with Crippen molar-refractivity contribution in [1.29, 1.82) is 0 Å². The number of esters is 1. The lowest BCUT2D eigenvalue weighted by Gasteiger charge is -2.49. The molecule has 5 saturated heterocycles. The number of aliphatic hydroxyl groups is 2. The first-order valence-corrected chi connectivity index (χ1v) is 19.6. The Balaban J connectivity index is 1.33. The highest BCUT2D eigenvalue weighted by atomic mass is 16.7. The monoisotopic (exact) mass is 726 g/mol. The van der Waals surface area contributed by atoms with Gasteiger partial charge in [-0.25, -0.2) is 0 Å². The molecule has 0 aromatic rings. The van der Waals surface area contributed by atoms with Crippen LogP contribution in [0.3, 0.4) is 0 Å². The van der Waals surface area contributed by atoms with Gasteiger partial charge in [0.2, 0.25) is 0 Å². The van der Waals surface area contributed by atoms with Gasteiger partial charge in [0.1, 0.15) is 6.10 Å². The highest BCUT2D eigenvalue weighted by Crippen LogP contribution is 2.55. The Hall–Kier alpha value is -1.38. The molecule has 0 aromatic carbocycles. The lowest BCUT2D eigenvalue weighted by atomic mass is 9.78. The normalized spacial score (nSPS) is 47.7. The van der Waals surface area contributed by atoms with Crippen molar-refractivity contribution < 1.29 is 58.1 Å². The third kappa shape index (κ3) is 7.64. The fraction of sp³-hybridized carbons (Fsp3) is 0.949. The molecule has 0 amide bonds. The summed E-state index contributed by atoms with van der Waals surface area (Å²) in [6, 6.07) is 0. The number of rotatable bonds is 12. The van der Waals surface area contributed by atoms with E-state index in [1.54, 1.807) is 13.8 Å². The Bertz CT molecular complexity index is 1230. The summed E-state index contributed by atoms with van der Waals surface area (Å²) in [5.74, 6) is -5.00. The first-order valence-electron chi connectivity index (χ1n) is 19.6. The number of methoxy groups -OCH3 is 1. The summed E-state index contributed by atoms with van der Waals surface area (Å²) >= 11 is 0. The number of carbonyl (C=O) groups is 2. The molecule has 17 atom stereocenters. The van der Waals surface area contributed by atoms with Gasteiger partial charge in [0.25, 0.3) is 0 Å². The zero-order valence-corrected chi connectivity index (χ0v) is 32.6. The topological polar surface area (TPSA) is 159 Å². The van der Waals surface area contributed by atoms with Crippen LogP contribution < -0.4 is 0 Å². The van der Waals surface area contributed by atoms with Crippen LogP contribution in [0.4, 0.5) is 0 Å². The Morgan fingerprint density at radius 3 is 2.29 bits per heavy atom. The second-order valence-corrected chi connectivity index (χ2v) is 17.1. The highest BCUT2D eigenvalue weighted by Gasteiger charge is 2.62. The van der Waals surface area contributed by atoms with Gasteiger partial charge in [-0.1, -0.05) is 48.5 Å². The van der Waals surface area contributed by atoms with Gasteiger partial charge < -0.3 is 48.5 Å². The van der Waals surface area contributed by atoms with Crippen LogP contribution in [0.1, 0.15) is 120 Å². The molecule has 5 aliphatic heterocycles. The lowest BCUT2D eigenvalue weighted by molar-refractivity contribution is -0.337. The van der Waals surface area contributed by atoms with E-state index >= 15 is 0 Å². The molecule has 1 spiro atoms. The zero-order chi connectivity index (χ0) is 37.7. The summed E-state index contributed by atoms with van der Waals surface area (Å²) < 4.78 is 45.9. The molecular formula is C39H66O12. The maximum atomic E-state index is 12.6. The van der Waals surface area contributed by atoms with Crippen molar-refractivity contribution in [1.82, 2.24) is 0 Å². The fourth-order valence-electron chi connectivity index (χ4n) is 10.3. The summed E-state index contributed by atoms with van der Waals surface area (Å²) in [6.45, 7) is 17.4. The first kappa shape index (κ1) is 40.8. The molecule has 5 fully saturated rings. The van der Waals surface area contributed by atoms with E-state index in [2.05, 4.69) is 27.7 Å². The molecular weight excluding hydrogens is 660 g/mol. The third-order valence-corrected chi connectivity index (χ3v) is 13.6. The Morgan fingerprint density at radius 2 is 1.69 bits per heavy atom. The van der Waals surface area contributed by atoms with Crippen molar-refractivity contribution >= 4 is 11.9 Å². The van der Waals surface area contributed by atoms with E-state index in [-0.39, 0.29) is 66.4 Å². The highest BCUT2D eigenvalue weighted by molar-refractivity contribution is 5.70. The fourth-order valence-corrected chi connectivity index (χ4v) is 10.3. The summed E-state index contributed by atoms with van der Waals surface area (Å²) in [7, 11) is 1.52. The van der Waals surface area contributed by atoms with Gasteiger partial charge in [0, 0.05) is 44.1 Å². The number of carbonyl (C=O) groups excluding carboxylic acids is 1. The summed E-state index contributed by atoms with van der Waals surface area (Å²) in [4.78, 5) is 24.6. The van der Waals surface area contributed by atoms with E-state index in [0.717, 1.165) is 32.1 Å². The molecule has 0 saturated carbocycles. The number of carboxylic acids is 1. The SMILES string of the molecule is CCC(=O)O[C@H]1C[C@]2(CC[C@@](C)([C@H]3CC[C@@](CC)([C@@H]4O[C@@H]([C@H]5O[C@@](O)(CO)[C@H](C)C[C@@H]5C)C[C@@H]4C)O3)O2)O[C@H]([C@@H](C)[C@@H](OC)[C@H](C)C(=O)O)[C@@H]1C. The summed E-state index contributed by atoms with van der Waals surface area (Å²) in [5, 5.41) is 30.8. The van der Waals surface area contributed by atoms with Crippen LogP contribution in [0.25, 0.3) is 0 Å². The van der Waals surface area contributed by atoms with Crippen LogP contribution in [0.15, 0.2) is 0 Å². The average Bonchev–Trinajstić information content (AvgIpc) is 3.81. The van der Waals surface area contributed by atoms with Crippen LogP contribution in [0.5, 0.6) is 0 Å². The molecule has 0 aromatic heterocycles. The van der Waals surface area contributed by atoms with Gasteiger partial charge >= 0.3 is 11.9 Å². The van der Waals surface area contributed by atoms with Crippen molar-refractivity contribution in [2.45, 2.75) is 186 Å². The minimum atomic E-state index is -1.58. The van der Waals surface area contributed by atoms with E-state index in [4.69, 9.17) is 33.2 Å². The number of hydrogen-bond donors (Lipinski definition) is 3. The third-order valence-electron chi connectivity index (χ3n) is 13.6. The van der Waals surface area contributed by atoms with Crippen molar-refractivity contribution in [2.24, 2.45) is 35.5 Å². The minimum absolute atomic E-state index is 0.163. The average molecular weight is 727 g/mol. The number of ether oxygens (including phenoxy) is 7. The van der Waals surface area contributed by atoms with Crippen LogP contribution >= 0.6 is 0 Å². The van der Waals surface area contributed by atoms with Crippen LogP contribution in [0, 0.1) is 35.5 Å². The number of carboxylic acid groups (broad SMARTS) is 1. The van der Waals surface area contributed by atoms with E-state index in [1.807, 2.05) is 20.8 Å².